The van der Waals surface area contributed by atoms with Gasteiger partial charge in [0.15, 0.2) is 30.7 Å². The second kappa shape index (κ2) is 16.9. The average Bonchev–Trinajstić information content (AvgIpc) is 2.99. The third-order valence-corrected chi connectivity index (χ3v) is 6.07. The number of rotatable bonds is 13. The Morgan fingerprint density at radius 3 is 1.86 bits per heavy atom. The highest BCUT2D eigenvalue weighted by Crippen LogP contribution is 2.30. The van der Waals surface area contributed by atoms with Crippen LogP contribution in [0.3, 0.4) is 0 Å². The molecule has 3 rings (SSSR count). The van der Waals surface area contributed by atoms with Gasteiger partial charge in [0.05, 0.1) is 6.61 Å². The maximum atomic E-state index is 15.7. The number of alkyl halides is 1. The molecule has 0 unspecified atom stereocenters. The van der Waals surface area contributed by atoms with Gasteiger partial charge in [-0.3, -0.25) is 14.4 Å². The Morgan fingerprint density at radius 1 is 0.773 bits per heavy atom. The third kappa shape index (κ3) is 10.9. The van der Waals surface area contributed by atoms with Crippen LogP contribution in [-0.2, 0) is 65.5 Å². The Balaban J connectivity index is 1.75. The van der Waals surface area contributed by atoms with Crippen LogP contribution in [-0.4, -0.2) is 80.0 Å². The summed E-state index contributed by atoms with van der Waals surface area (Å²) < 4.78 is 52.6. The van der Waals surface area contributed by atoms with Gasteiger partial charge in [0.2, 0.25) is 0 Å². The molecule has 0 spiro atoms. The first-order valence-electron chi connectivity index (χ1n) is 13.6. The smallest absolute Gasteiger partial charge is 0.408 e. The zero-order valence-corrected chi connectivity index (χ0v) is 24.3. The number of hydrogen-bond donors (Lipinski definition) is 1. The highest BCUT2D eigenvalue weighted by molar-refractivity contribution is 5.81. The molecule has 0 aliphatic carbocycles. The van der Waals surface area contributed by atoms with Crippen LogP contribution in [0.2, 0.25) is 0 Å². The minimum atomic E-state index is -2.23. The lowest BCUT2D eigenvalue weighted by molar-refractivity contribution is -0.293. The van der Waals surface area contributed by atoms with Crippen LogP contribution in [0, 0.1) is 0 Å². The van der Waals surface area contributed by atoms with E-state index in [-0.39, 0.29) is 13.2 Å². The fraction of sp³-hybridized carbons (Fsp3) is 0.433. The van der Waals surface area contributed by atoms with Gasteiger partial charge in [-0.1, -0.05) is 60.7 Å². The standard InChI is InChI=1S/C30H34FNO12/c1-18(33)38-17-24-26(42-19(2)34)27(43-20(3)35)25(31)29(44-24)40-16-23(28(36)39-14-21-10-6-4-7-11-21)32-30(37)41-15-22-12-8-5-9-13-22/h4-13,23-27,29H,14-17H2,1-3H3,(H,32,37)/t23-,24+,25+,26+,27+,29-/m0/s1. The van der Waals surface area contributed by atoms with Gasteiger partial charge in [-0.15, -0.1) is 0 Å². The van der Waals surface area contributed by atoms with E-state index in [1.165, 1.54) is 0 Å². The first-order valence-corrected chi connectivity index (χ1v) is 13.6. The Hall–Kier alpha value is -4.56. The Bertz CT molecular complexity index is 1260. The van der Waals surface area contributed by atoms with Gasteiger partial charge in [0, 0.05) is 20.8 Å². The van der Waals surface area contributed by atoms with Crippen molar-refractivity contribution in [2.75, 3.05) is 13.2 Å². The molecule has 14 heteroatoms. The van der Waals surface area contributed by atoms with Gasteiger partial charge in [-0.2, -0.15) is 0 Å². The predicted octanol–water partition coefficient (Wildman–Crippen LogP) is 2.53. The molecule has 13 nitrogen and oxygen atoms in total. The number of carbonyl (C=O) groups is 5. The molecule has 1 aliphatic rings. The maximum absolute atomic E-state index is 15.7. The summed E-state index contributed by atoms with van der Waals surface area (Å²) in [5.41, 5.74) is 1.36. The number of hydrogen-bond acceptors (Lipinski definition) is 12. The summed E-state index contributed by atoms with van der Waals surface area (Å²) in [5, 5.41) is 2.34. The van der Waals surface area contributed by atoms with Crippen molar-refractivity contribution in [3.8, 4) is 0 Å². The summed E-state index contributed by atoms with van der Waals surface area (Å²) in [4.78, 5) is 60.6. The van der Waals surface area contributed by atoms with Crippen molar-refractivity contribution in [2.45, 2.75) is 70.8 Å². The number of esters is 4. The van der Waals surface area contributed by atoms with Gasteiger partial charge >= 0.3 is 30.0 Å². The number of alkyl carbamates (subject to hydrolysis) is 1. The van der Waals surface area contributed by atoms with E-state index in [2.05, 4.69) is 5.32 Å². The summed E-state index contributed by atoms with van der Waals surface area (Å²) in [7, 11) is 0. The van der Waals surface area contributed by atoms with E-state index < -0.39 is 80.0 Å². The highest BCUT2D eigenvalue weighted by atomic mass is 19.1. The highest BCUT2D eigenvalue weighted by Gasteiger charge is 2.51. The first-order chi connectivity index (χ1) is 21.0. The number of amides is 1. The van der Waals surface area contributed by atoms with Crippen molar-refractivity contribution in [1.29, 1.82) is 0 Å². The minimum Gasteiger partial charge on any atom is -0.463 e. The number of nitrogens with one attached hydrogen (secondary N) is 1. The molecule has 238 valence electrons. The van der Waals surface area contributed by atoms with Gasteiger partial charge < -0.3 is 38.5 Å². The molecule has 44 heavy (non-hydrogen) atoms. The molecule has 0 radical (unpaired) electrons. The summed E-state index contributed by atoms with van der Waals surface area (Å²) in [6.07, 6.45) is -9.58. The summed E-state index contributed by atoms with van der Waals surface area (Å²) in [6.45, 7) is 1.77. The van der Waals surface area contributed by atoms with E-state index in [4.69, 9.17) is 33.2 Å². The number of carbonyl (C=O) groups excluding carboxylic acids is 5. The predicted molar refractivity (Wildman–Crippen MR) is 147 cm³/mol. The van der Waals surface area contributed by atoms with Gasteiger partial charge in [0.25, 0.3) is 0 Å². The lowest BCUT2D eigenvalue weighted by atomic mass is 9.99. The van der Waals surface area contributed by atoms with Gasteiger partial charge in [-0.05, 0) is 11.1 Å². The number of halogens is 1. The maximum Gasteiger partial charge on any atom is 0.408 e. The monoisotopic (exact) mass is 619 g/mol. The SMILES string of the molecule is CC(=O)OC[C@H]1O[C@H](OC[C@H](NC(=O)OCc2ccccc2)C(=O)OCc2ccccc2)[C@H](F)[C@@H](OC(C)=O)[C@@H]1OC(C)=O. The van der Waals surface area contributed by atoms with Crippen LogP contribution in [0.25, 0.3) is 0 Å². The molecule has 2 aromatic rings. The van der Waals surface area contributed by atoms with Crippen LogP contribution in [0.15, 0.2) is 60.7 Å². The van der Waals surface area contributed by atoms with Crippen LogP contribution < -0.4 is 5.32 Å². The minimum absolute atomic E-state index is 0.100. The van der Waals surface area contributed by atoms with Crippen molar-refractivity contribution in [1.82, 2.24) is 5.32 Å². The number of ether oxygens (including phenoxy) is 7. The molecule has 2 aromatic carbocycles. The average molecular weight is 620 g/mol. The van der Waals surface area contributed by atoms with Crippen LogP contribution in [0.1, 0.15) is 31.9 Å². The summed E-state index contributed by atoms with van der Waals surface area (Å²) in [5.74, 6) is -3.37. The Kier molecular flexibility index (Phi) is 13.0. The summed E-state index contributed by atoms with van der Waals surface area (Å²) in [6, 6.07) is 16.0. The molecule has 0 aromatic heterocycles. The van der Waals surface area contributed by atoms with Crippen molar-refractivity contribution < 1.29 is 61.5 Å². The van der Waals surface area contributed by atoms with E-state index in [9.17, 15) is 24.0 Å². The van der Waals surface area contributed by atoms with Crippen LogP contribution >= 0.6 is 0 Å². The lowest BCUT2D eigenvalue weighted by Gasteiger charge is -2.42. The fourth-order valence-corrected chi connectivity index (χ4v) is 4.09. The molecular formula is C30H34FNO12. The normalized spacial score (nSPS) is 21.7. The quantitative estimate of drug-likeness (QED) is 0.258. The second-order valence-electron chi connectivity index (χ2n) is 9.62. The molecule has 1 saturated heterocycles. The molecule has 6 atom stereocenters. The molecule has 1 aliphatic heterocycles. The van der Waals surface area contributed by atoms with E-state index in [1.807, 2.05) is 0 Å². The first kappa shape index (κ1) is 33.9. The van der Waals surface area contributed by atoms with E-state index in [0.717, 1.165) is 20.8 Å². The molecule has 0 bridgehead atoms. The van der Waals surface area contributed by atoms with Crippen molar-refractivity contribution in [3.63, 3.8) is 0 Å². The largest absolute Gasteiger partial charge is 0.463 e. The Morgan fingerprint density at radius 2 is 1.32 bits per heavy atom. The third-order valence-electron chi connectivity index (χ3n) is 6.07. The molecule has 1 amide bonds. The van der Waals surface area contributed by atoms with Gasteiger partial charge in [-0.25, -0.2) is 14.0 Å². The van der Waals surface area contributed by atoms with E-state index >= 15 is 4.39 Å². The van der Waals surface area contributed by atoms with Crippen molar-refractivity contribution in [2.24, 2.45) is 0 Å². The van der Waals surface area contributed by atoms with Crippen molar-refractivity contribution in [3.05, 3.63) is 71.8 Å². The lowest BCUT2D eigenvalue weighted by Crippen LogP contribution is -2.61. The topological polar surface area (TPSA) is 162 Å². The van der Waals surface area contributed by atoms with Crippen molar-refractivity contribution >= 4 is 30.0 Å². The summed E-state index contributed by atoms with van der Waals surface area (Å²) >= 11 is 0. The number of benzene rings is 2. The molecule has 1 fully saturated rings. The zero-order valence-electron chi connectivity index (χ0n) is 24.3. The molecule has 0 saturated carbocycles. The Labute approximate surface area is 252 Å². The second-order valence-corrected chi connectivity index (χ2v) is 9.62. The molecule has 1 N–H and O–H groups in total. The van der Waals surface area contributed by atoms with E-state index in [1.54, 1.807) is 60.7 Å². The molecular weight excluding hydrogens is 585 g/mol. The zero-order chi connectivity index (χ0) is 32.1. The fourth-order valence-electron chi connectivity index (χ4n) is 4.09. The van der Waals surface area contributed by atoms with Crippen LogP contribution in [0.5, 0.6) is 0 Å². The van der Waals surface area contributed by atoms with E-state index in [0.29, 0.717) is 11.1 Å². The van der Waals surface area contributed by atoms with Crippen LogP contribution in [0.4, 0.5) is 9.18 Å². The molecule has 1 heterocycles. The van der Waals surface area contributed by atoms with Gasteiger partial charge in [0.1, 0.15) is 25.9 Å².